The van der Waals surface area contributed by atoms with Crippen LogP contribution >= 0.6 is 31.9 Å². The summed E-state index contributed by atoms with van der Waals surface area (Å²) in [6, 6.07) is 12.7. The lowest BCUT2D eigenvalue weighted by molar-refractivity contribution is 1.63. The third kappa shape index (κ3) is 1.95. The highest BCUT2D eigenvalue weighted by Crippen LogP contribution is 2.38. The van der Waals surface area contributed by atoms with Crippen LogP contribution in [0.5, 0.6) is 0 Å². The zero-order valence-corrected chi connectivity index (χ0v) is 14.0. The predicted molar refractivity (Wildman–Crippen MR) is 97.0 cm³/mol. The maximum atomic E-state index is 3.96. The molecule has 0 radical (unpaired) electrons. The van der Waals surface area contributed by atoms with Crippen molar-refractivity contribution in [3.63, 3.8) is 0 Å². The fraction of sp³-hybridized carbons (Fsp3) is 0. The SMILES string of the molecule is C=Cc1c(Br)cc2c(cc(Br)c3ccccc32)c1C=C. The molecule has 0 spiro atoms. The van der Waals surface area contributed by atoms with Gasteiger partial charge in [-0.15, -0.1) is 0 Å². The summed E-state index contributed by atoms with van der Waals surface area (Å²) in [4.78, 5) is 0. The maximum Gasteiger partial charge on any atom is 0.0260 e. The fourth-order valence-corrected chi connectivity index (χ4v) is 3.82. The highest BCUT2D eigenvalue weighted by Gasteiger charge is 2.11. The molecule has 0 saturated carbocycles. The Morgan fingerprint density at radius 2 is 1.30 bits per heavy atom. The molecule has 0 saturated heterocycles. The van der Waals surface area contributed by atoms with E-state index in [2.05, 4.69) is 81.4 Å². The van der Waals surface area contributed by atoms with Gasteiger partial charge in [-0.2, -0.15) is 0 Å². The average molecular weight is 388 g/mol. The van der Waals surface area contributed by atoms with Gasteiger partial charge in [0.1, 0.15) is 0 Å². The first-order valence-electron chi connectivity index (χ1n) is 6.25. The molecule has 0 amide bonds. The van der Waals surface area contributed by atoms with Crippen molar-refractivity contribution in [2.45, 2.75) is 0 Å². The first kappa shape index (κ1) is 13.6. The van der Waals surface area contributed by atoms with E-state index >= 15 is 0 Å². The number of halogens is 2. The van der Waals surface area contributed by atoms with Crippen molar-refractivity contribution in [3.8, 4) is 0 Å². The topological polar surface area (TPSA) is 0 Å². The molecular formula is C18H12Br2. The van der Waals surface area contributed by atoms with E-state index in [-0.39, 0.29) is 0 Å². The van der Waals surface area contributed by atoms with Gasteiger partial charge in [0.2, 0.25) is 0 Å². The summed E-state index contributed by atoms with van der Waals surface area (Å²) in [6.45, 7) is 7.86. The van der Waals surface area contributed by atoms with Gasteiger partial charge < -0.3 is 0 Å². The molecule has 3 aromatic rings. The third-order valence-electron chi connectivity index (χ3n) is 3.55. The van der Waals surface area contributed by atoms with Gasteiger partial charge in [-0.25, -0.2) is 0 Å². The Bertz CT molecular complexity index is 860. The highest BCUT2D eigenvalue weighted by atomic mass is 79.9. The molecule has 3 rings (SSSR count). The Balaban J connectivity index is 2.64. The van der Waals surface area contributed by atoms with Crippen LogP contribution in [0.3, 0.4) is 0 Å². The van der Waals surface area contributed by atoms with Crippen molar-refractivity contribution in [1.29, 1.82) is 0 Å². The Hall–Kier alpha value is -1.38. The van der Waals surface area contributed by atoms with Crippen molar-refractivity contribution < 1.29 is 0 Å². The molecule has 3 aromatic carbocycles. The smallest absolute Gasteiger partial charge is 0.0260 e. The van der Waals surface area contributed by atoms with Gasteiger partial charge in [0.25, 0.3) is 0 Å². The van der Waals surface area contributed by atoms with Gasteiger partial charge in [0.05, 0.1) is 0 Å². The van der Waals surface area contributed by atoms with Crippen LogP contribution in [0, 0.1) is 0 Å². The van der Waals surface area contributed by atoms with E-state index in [4.69, 9.17) is 0 Å². The number of benzene rings is 3. The molecule has 0 atom stereocenters. The molecule has 0 aliphatic heterocycles. The summed E-state index contributed by atoms with van der Waals surface area (Å²) in [7, 11) is 0. The fourth-order valence-electron chi connectivity index (χ4n) is 2.64. The molecule has 0 N–H and O–H groups in total. The van der Waals surface area contributed by atoms with E-state index in [1.54, 1.807) is 0 Å². The summed E-state index contributed by atoms with van der Waals surface area (Å²) in [5, 5.41) is 4.85. The summed E-state index contributed by atoms with van der Waals surface area (Å²) >= 11 is 7.32. The quantitative estimate of drug-likeness (QED) is 0.424. The van der Waals surface area contributed by atoms with Crippen molar-refractivity contribution in [3.05, 3.63) is 69.6 Å². The molecule has 0 aliphatic carbocycles. The van der Waals surface area contributed by atoms with Crippen LogP contribution in [0.1, 0.15) is 11.1 Å². The summed E-state index contributed by atoms with van der Waals surface area (Å²) < 4.78 is 2.14. The van der Waals surface area contributed by atoms with E-state index in [0.29, 0.717) is 0 Å². The minimum absolute atomic E-state index is 1.04. The first-order valence-corrected chi connectivity index (χ1v) is 7.84. The lowest BCUT2D eigenvalue weighted by atomic mass is 9.95. The molecule has 0 fully saturated rings. The van der Waals surface area contributed by atoms with Crippen molar-refractivity contribution >= 4 is 65.6 Å². The molecule has 0 aromatic heterocycles. The summed E-state index contributed by atoms with van der Waals surface area (Å²) in [5.41, 5.74) is 2.19. The Morgan fingerprint density at radius 1 is 0.700 bits per heavy atom. The van der Waals surface area contributed by atoms with Gasteiger partial charge >= 0.3 is 0 Å². The molecule has 0 bridgehead atoms. The van der Waals surface area contributed by atoms with Crippen molar-refractivity contribution in [2.75, 3.05) is 0 Å². The van der Waals surface area contributed by atoms with E-state index in [1.807, 2.05) is 12.2 Å². The Labute approximate surface area is 135 Å². The van der Waals surface area contributed by atoms with Gasteiger partial charge in [0.15, 0.2) is 0 Å². The van der Waals surface area contributed by atoms with Crippen molar-refractivity contribution in [2.24, 2.45) is 0 Å². The molecule has 98 valence electrons. The highest BCUT2D eigenvalue weighted by molar-refractivity contribution is 9.11. The second kappa shape index (κ2) is 5.19. The first-order chi connectivity index (χ1) is 9.67. The van der Waals surface area contributed by atoms with Crippen LogP contribution in [0.4, 0.5) is 0 Å². The van der Waals surface area contributed by atoms with Crippen LogP contribution in [-0.2, 0) is 0 Å². The second-order valence-electron chi connectivity index (χ2n) is 4.59. The van der Waals surface area contributed by atoms with Crippen LogP contribution < -0.4 is 0 Å². The maximum absolute atomic E-state index is 3.96. The minimum atomic E-state index is 1.04. The van der Waals surface area contributed by atoms with Crippen molar-refractivity contribution in [1.82, 2.24) is 0 Å². The Kier molecular flexibility index (Phi) is 3.53. The van der Waals surface area contributed by atoms with Gasteiger partial charge in [0, 0.05) is 8.95 Å². The lowest BCUT2D eigenvalue weighted by Crippen LogP contribution is -1.88. The summed E-state index contributed by atoms with van der Waals surface area (Å²) in [6.07, 6.45) is 3.76. The zero-order valence-electron chi connectivity index (χ0n) is 10.8. The normalized spacial score (nSPS) is 10.9. The number of rotatable bonds is 2. The zero-order chi connectivity index (χ0) is 14.3. The molecule has 0 heterocycles. The number of hydrogen-bond donors (Lipinski definition) is 0. The molecule has 2 heteroatoms. The van der Waals surface area contributed by atoms with E-state index in [9.17, 15) is 0 Å². The van der Waals surface area contributed by atoms with Gasteiger partial charge in [-0.05, 0) is 44.8 Å². The Morgan fingerprint density at radius 3 is 1.95 bits per heavy atom. The van der Waals surface area contributed by atoms with Crippen LogP contribution in [0.2, 0.25) is 0 Å². The predicted octanol–water partition coefficient (Wildman–Crippen LogP) is 6.80. The minimum Gasteiger partial charge on any atom is -0.0984 e. The summed E-state index contributed by atoms with van der Waals surface area (Å²) in [5.74, 6) is 0. The van der Waals surface area contributed by atoms with Crippen LogP contribution in [0.15, 0.2) is 58.5 Å². The monoisotopic (exact) mass is 386 g/mol. The second-order valence-corrected chi connectivity index (χ2v) is 6.30. The van der Waals surface area contributed by atoms with Gasteiger partial charge in [-0.1, -0.05) is 81.4 Å². The molecule has 0 nitrogen and oxygen atoms in total. The number of fused-ring (bicyclic) bond motifs is 3. The molecule has 0 aliphatic rings. The van der Waals surface area contributed by atoms with E-state index in [0.717, 1.165) is 20.1 Å². The van der Waals surface area contributed by atoms with Crippen LogP contribution in [-0.4, -0.2) is 0 Å². The average Bonchev–Trinajstić information content (AvgIpc) is 2.47. The third-order valence-corrected chi connectivity index (χ3v) is 4.86. The largest absolute Gasteiger partial charge is 0.0984 e. The van der Waals surface area contributed by atoms with E-state index < -0.39 is 0 Å². The molecule has 0 unspecified atom stereocenters. The molecule has 20 heavy (non-hydrogen) atoms. The van der Waals surface area contributed by atoms with Gasteiger partial charge in [-0.3, -0.25) is 0 Å². The number of hydrogen-bond acceptors (Lipinski definition) is 0. The van der Waals surface area contributed by atoms with Crippen LogP contribution in [0.25, 0.3) is 33.7 Å². The molecular weight excluding hydrogens is 376 g/mol. The lowest BCUT2D eigenvalue weighted by Gasteiger charge is -2.13. The van der Waals surface area contributed by atoms with E-state index in [1.165, 1.54) is 21.5 Å². The standard InChI is InChI=1S/C18H12Br2/c1-3-11-12(4-2)17(19)10-16-13-7-5-6-8-14(13)18(20)9-15(11)16/h3-10H,1-2H2.